The number of hydrogen-bond acceptors (Lipinski definition) is 3. The van der Waals surface area contributed by atoms with Crippen molar-refractivity contribution >= 4 is 12.4 Å². The number of carbonyl (C=O) groups is 2. The monoisotopic (exact) mass is 276 g/mol. The van der Waals surface area contributed by atoms with E-state index >= 15 is 0 Å². The summed E-state index contributed by atoms with van der Waals surface area (Å²) in [6, 6.07) is 10.0. The number of carbonyl (C=O) groups excluding carboxylic acids is 1. The van der Waals surface area contributed by atoms with Gasteiger partial charge in [-0.2, -0.15) is 0 Å². The van der Waals surface area contributed by atoms with Crippen molar-refractivity contribution in [1.82, 2.24) is 10.2 Å². The Balaban J connectivity index is 2.11. The predicted octanol–water partition coefficient (Wildman–Crippen LogP) is 1.24. The largest absolute Gasteiger partial charge is 0.481 e. The fourth-order valence-electron chi connectivity index (χ4n) is 3.00. The lowest BCUT2D eigenvalue weighted by Gasteiger charge is -2.34. The van der Waals surface area contributed by atoms with E-state index in [9.17, 15) is 9.59 Å². The number of carboxylic acid groups (broad SMARTS) is 1. The van der Waals surface area contributed by atoms with E-state index in [0.717, 1.165) is 13.1 Å². The van der Waals surface area contributed by atoms with Crippen molar-refractivity contribution < 1.29 is 14.7 Å². The van der Waals surface area contributed by atoms with E-state index in [2.05, 4.69) is 22.3 Å². The first kappa shape index (κ1) is 14.5. The van der Waals surface area contributed by atoms with Crippen LogP contribution < -0.4 is 5.32 Å². The van der Waals surface area contributed by atoms with Crippen LogP contribution in [0.25, 0.3) is 0 Å². The lowest BCUT2D eigenvalue weighted by atomic mass is 9.87. The lowest BCUT2D eigenvalue weighted by molar-refractivity contribution is -0.139. The second-order valence-corrected chi connectivity index (χ2v) is 5.37. The van der Waals surface area contributed by atoms with Crippen molar-refractivity contribution in [2.45, 2.75) is 37.9 Å². The topological polar surface area (TPSA) is 69.6 Å². The maximum absolute atomic E-state index is 11.1. The Morgan fingerprint density at radius 3 is 2.80 bits per heavy atom. The number of benzene rings is 1. The zero-order chi connectivity index (χ0) is 14.6. The van der Waals surface area contributed by atoms with E-state index in [0.29, 0.717) is 12.8 Å². The molecule has 1 aliphatic heterocycles. The molecule has 0 saturated carbocycles. The van der Waals surface area contributed by atoms with Gasteiger partial charge in [-0.05, 0) is 18.9 Å². The highest BCUT2D eigenvalue weighted by Gasteiger charge is 2.45. The van der Waals surface area contributed by atoms with Gasteiger partial charge in [0.25, 0.3) is 0 Å². The molecular formula is C15H20N2O3. The molecule has 0 spiro atoms. The van der Waals surface area contributed by atoms with E-state index in [1.807, 2.05) is 25.1 Å². The number of likely N-dealkylation sites (tertiary alicyclic amines) is 1. The summed E-state index contributed by atoms with van der Waals surface area (Å²) in [5, 5.41) is 11.8. The van der Waals surface area contributed by atoms with Crippen LogP contribution in [0.3, 0.4) is 0 Å². The number of hydrogen-bond donors (Lipinski definition) is 2. The van der Waals surface area contributed by atoms with Gasteiger partial charge in [0.15, 0.2) is 0 Å². The molecule has 0 aliphatic carbocycles. The molecule has 5 heteroatoms. The fourth-order valence-corrected chi connectivity index (χ4v) is 3.00. The van der Waals surface area contributed by atoms with Crippen molar-refractivity contribution in [3.8, 4) is 0 Å². The van der Waals surface area contributed by atoms with E-state index < -0.39 is 11.5 Å². The van der Waals surface area contributed by atoms with Gasteiger partial charge in [0.05, 0.1) is 12.0 Å². The molecular weight excluding hydrogens is 256 g/mol. The predicted molar refractivity (Wildman–Crippen MR) is 75.1 cm³/mol. The third kappa shape index (κ3) is 2.99. The van der Waals surface area contributed by atoms with Gasteiger partial charge >= 0.3 is 5.97 Å². The highest BCUT2D eigenvalue weighted by Crippen LogP contribution is 2.32. The third-order valence-electron chi connectivity index (χ3n) is 4.23. The first-order valence-electron chi connectivity index (χ1n) is 6.78. The molecule has 1 heterocycles. The van der Waals surface area contributed by atoms with Crippen LogP contribution in [0.5, 0.6) is 0 Å². The average molecular weight is 276 g/mol. The summed E-state index contributed by atoms with van der Waals surface area (Å²) in [4.78, 5) is 24.1. The van der Waals surface area contributed by atoms with Gasteiger partial charge in [0.1, 0.15) is 0 Å². The standard InChI is InChI=1S/C15H20N2O3/c1-12-15(16-11-18,9-14(19)20)7-8-17(12)10-13-5-3-2-4-6-13/h2-6,11-12H,7-10H2,1H3,(H,16,18)(H,19,20). The minimum absolute atomic E-state index is 0.0102. The number of amides is 1. The van der Waals surface area contributed by atoms with Crippen LogP contribution in [-0.2, 0) is 16.1 Å². The van der Waals surface area contributed by atoms with Gasteiger partial charge in [-0.3, -0.25) is 14.5 Å². The molecule has 1 aliphatic rings. The number of carboxylic acids is 1. The molecule has 5 nitrogen and oxygen atoms in total. The minimum Gasteiger partial charge on any atom is -0.481 e. The van der Waals surface area contributed by atoms with Crippen molar-refractivity contribution in [2.75, 3.05) is 6.54 Å². The molecule has 1 aromatic rings. The molecule has 2 atom stereocenters. The second-order valence-electron chi connectivity index (χ2n) is 5.37. The molecule has 108 valence electrons. The molecule has 0 bridgehead atoms. The van der Waals surface area contributed by atoms with E-state index in [1.165, 1.54) is 5.56 Å². The van der Waals surface area contributed by atoms with Crippen molar-refractivity contribution in [1.29, 1.82) is 0 Å². The van der Waals surface area contributed by atoms with Crippen LogP contribution >= 0.6 is 0 Å². The molecule has 1 aromatic carbocycles. The molecule has 20 heavy (non-hydrogen) atoms. The minimum atomic E-state index is -0.882. The second kappa shape index (κ2) is 6.05. The van der Waals surface area contributed by atoms with E-state index in [-0.39, 0.29) is 12.5 Å². The molecule has 0 aromatic heterocycles. The smallest absolute Gasteiger partial charge is 0.305 e. The quantitative estimate of drug-likeness (QED) is 0.767. The summed E-state index contributed by atoms with van der Waals surface area (Å²) in [6.45, 7) is 3.53. The number of aliphatic carboxylic acids is 1. The Morgan fingerprint density at radius 2 is 2.20 bits per heavy atom. The maximum Gasteiger partial charge on any atom is 0.305 e. The SMILES string of the molecule is CC1N(Cc2ccccc2)CCC1(CC(=O)O)NC=O. The van der Waals surface area contributed by atoms with Crippen LogP contribution in [0, 0.1) is 0 Å². The molecule has 0 radical (unpaired) electrons. The van der Waals surface area contributed by atoms with Crippen molar-refractivity contribution in [2.24, 2.45) is 0 Å². The molecule has 1 amide bonds. The fraction of sp³-hybridized carbons (Fsp3) is 0.467. The third-order valence-corrected chi connectivity index (χ3v) is 4.23. The highest BCUT2D eigenvalue weighted by molar-refractivity contribution is 5.69. The first-order chi connectivity index (χ1) is 9.57. The average Bonchev–Trinajstić information content (AvgIpc) is 2.69. The van der Waals surface area contributed by atoms with Gasteiger partial charge in [-0.1, -0.05) is 30.3 Å². The summed E-state index contributed by atoms with van der Waals surface area (Å²) in [5.74, 6) is -0.882. The van der Waals surface area contributed by atoms with Gasteiger partial charge < -0.3 is 10.4 Å². The Bertz CT molecular complexity index is 477. The first-order valence-corrected chi connectivity index (χ1v) is 6.78. The Labute approximate surface area is 118 Å². The Kier molecular flexibility index (Phi) is 4.39. The van der Waals surface area contributed by atoms with Crippen molar-refractivity contribution in [3.05, 3.63) is 35.9 Å². The zero-order valence-corrected chi connectivity index (χ0v) is 11.6. The van der Waals surface area contributed by atoms with Crippen LogP contribution in [0.4, 0.5) is 0 Å². The van der Waals surface area contributed by atoms with Crippen LogP contribution in [-0.4, -0.2) is 40.5 Å². The lowest BCUT2D eigenvalue weighted by Crippen LogP contribution is -2.54. The molecule has 1 saturated heterocycles. The zero-order valence-electron chi connectivity index (χ0n) is 11.6. The maximum atomic E-state index is 11.1. The van der Waals surface area contributed by atoms with Gasteiger partial charge in [-0.15, -0.1) is 0 Å². The van der Waals surface area contributed by atoms with Crippen molar-refractivity contribution in [3.63, 3.8) is 0 Å². The van der Waals surface area contributed by atoms with Crippen LogP contribution in [0.2, 0.25) is 0 Å². The van der Waals surface area contributed by atoms with E-state index in [4.69, 9.17) is 5.11 Å². The van der Waals surface area contributed by atoms with E-state index in [1.54, 1.807) is 0 Å². The number of nitrogens with zero attached hydrogens (tertiary/aromatic N) is 1. The molecule has 2 N–H and O–H groups in total. The molecule has 1 fully saturated rings. The molecule has 2 rings (SSSR count). The number of nitrogens with one attached hydrogen (secondary N) is 1. The Morgan fingerprint density at radius 1 is 1.50 bits per heavy atom. The summed E-state index contributed by atoms with van der Waals surface area (Å²) in [5.41, 5.74) is 0.527. The summed E-state index contributed by atoms with van der Waals surface area (Å²) in [6.07, 6.45) is 1.23. The van der Waals surface area contributed by atoms with Gasteiger partial charge in [0, 0.05) is 19.1 Å². The van der Waals surface area contributed by atoms with Crippen LogP contribution in [0.15, 0.2) is 30.3 Å². The Hall–Kier alpha value is -1.88. The van der Waals surface area contributed by atoms with Gasteiger partial charge in [-0.25, -0.2) is 0 Å². The summed E-state index contributed by atoms with van der Waals surface area (Å²) >= 11 is 0. The molecule has 2 unspecified atom stereocenters. The summed E-state index contributed by atoms with van der Waals surface area (Å²) in [7, 11) is 0. The summed E-state index contributed by atoms with van der Waals surface area (Å²) < 4.78 is 0. The highest BCUT2D eigenvalue weighted by atomic mass is 16.4. The number of rotatable bonds is 6. The van der Waals surface area contributed by atoms with Crippen LogP contribution in [0.1, 0.15) is 25.3 Å². The normalized spacial score (nSPS) is 26.4. The van der Waals surface area contributed by atoms with Gasteiger partial charge in [0.2, 0.25) is 6.41 Å².